The summed E-state index contributed by atoms with van der Waals surface area (Å²) in [6.07, 6.45) is 0. The second-order valence-corrected chi connectivity index (χ2v) is 11.3. The van der Waals surface area contributed by atoms with E-state index < -0.39 is 0 Å². The number of anilines is 3. The predicted octanol–water partition coefficient (Wildman–Crippen LogP) is 12.3. The third-order valence-corrected chi connectivity index (χ3v) is 8.67. The Balaban J connectivity index is 1.32. The zero-order valence-corrected chi connectivity index (χ0v) is 24.4. The van der Waals surface area contributed by atoms with Gasteiger partial charge in [-0.15, -0.1) is 0 Å². The van der Waals surface area contributed by atoms with Crippen molar-refractivity contribution in [1.29, 1.82) is 0 Å². The summed E-state index contributed by atoms with van der Waals surface area (Å²) in [6.45, 7) is 0. The van der Waals surface area contributed by atoms with Crippen LogP contribution in [0, 0.1) is 0 Å². The summed E-state index contributed by atoms with van der Waals surface area (Å²) < 4.78 is 12.5. The molecule has 3 heteroatoms. The minimum absolute atomic E-state index is 0.863. The molecule has 2 aromatic heterocycles. The first-order valence-electron chi connectivity index (χ1n) is 15.2. The van der Waals surface area contributed by atoms with E-state index in [4.69, 9.17) is 8.83 Å². The van der Waals surface area contributed by atoms with Crippen molar-refractivity contribution in [2.24, 2.45) is 0 Å². The lowest BCUT2D eigenvalue weighted by Crippen LogP contribution is -2.11. The fourth-order valence-corrected chi connectivity index (χ4v) is 6.61. The van der Waals surface area contributed by atoms with E-state index in [2.05, 4.69) is 144 Å². The van der Waals surface area contributed by atoms with Crippen LogP contribution in [0.3, 0.4) is 0 Å². The second kappa shape index (κ2) is 10.3. The van der Waals surface area contributed by atoms with Gasteiger partial charge in [0.25, 0.3) is 0 Å². The van der Waals surface area contributed by atoms with Gasteiger partial charge in [-0.05, 0) is 71.3 Å². The van der Waals surface area contributed by atoms with Crippen molar-refractivity contribution < 1.29 is 8.83 Å². The maximum absolute atomic E-state index is 6.37. The van der Waals surface area contributed by atoms with Gasteiger partial charge in [-0.1, -0.05) is 109 Å². The molecule has 9 rings (SSSR count). The third-order valence-electron chi connectivity index (χ3n) is 8.67. The van der Waals surface area contributed by atoms with Crippen LogP contribution in [-0.4, -0.2) is 0 Å². The molecule has 0 fully saturated rings. The third kappa shape index (κ3) is 4.21. The number of furan rings is 2. The Morgan fingerprint density at radius 1 is 0.356 bits per heavy atom. The molecule has 0 N–H and O–H groups in total. The molecular formula is C42H27NO2. The Labute approximate surface area is 260 Å². The van der Waals surface area contributed by atoms with Crippen LogP contribution >= 0.6 is 0 Å². The molecule has 7 aromatic carbocycles. The Morgan fingerprint density at radius 3 is 1.87 bits per heavy atom. The van der Waals surface area contributed by atoms with Crippen molar-refractivity contribution in [3.63, 3.8) is 0 Å². The van der Waals surface area contributed by atoms with Gasteiger partial charge in [0.2, 0.25) is 0 Å². The van der Waals surface area contributed by atoms with Crippen LogP contribution in [0.4, 0.5) is 17.1 Å². The van der Waals surface area contributed by atoms with Crippen LogP contribution in [0.1, 0.15) is 0 Å². The molecule has 45 heavy (non-hydrogen) atoms. The average Bonchev–Trinajstić information content (AvgIpc) is 3.68. The molecule has 2 heterocycles. The van der Waals surface area contributed by atoms with Crippen molar-refractivity contribution in [2.45, 2.75) is 0 Å². The minimum Gasteiger partial charge on any atom is -0.456 e. The van der Waals surface area contributed by atoms with Gasteiger partial charge in [-0.3, -0.25) is 0 Å². The van der Waals surface area contributed by atoms with Gasteiger partial charge in [-0.25, -0.2) is 0 Å². The van der Waals surface area contributed by atoms with Crippen molar-refractivity contribution >= 4 is 60.9 Å². The quantitative estimate of drug-likeness (QED) is 0.204. The van der Waals surface area contributed by atoms with Gasteiger partial charge in [0.1, 0.15) is 22.3 Å². The summed E-state index contributed by atoms with van der Waals surface area (Å²) >= 11 is 0. The van der Waals surface area contributed by atoms with Crippen LogP contribution in [0.15, 0.2) is 173 Å². The van der Waals surface area contributed by atoms with Crippen LogP contribution in [0.5, 0.6) is 0 Å². The molecule has 212 valence electrons. The Kier molecular flexibility index (Phi) is 5.82. The van der Waals surface area contributed by atoms with Crippen LogP contribution in [0.2, 0.25) is 0 Å². The lowest BCUT2D eigenvalue weighted by atomic mass is 9.98. The topological polar surface area (TPSA) is 29.5 Å². The van der Waals surface area contributed by atoms with Gasteiger partial charge in [0.15, 0.2) is 0 Å². The largest absolute Gasteiger partial charge is 0.456 e. The van der Waals surface area contributed by atoms with E-state index >= 15 is 0 Å². The smallest absolute Gasteiger partial charge is 0.137 e. The number of nitrogens with zero attached hydrogens (tertiary/aromatic N) is 1. The molecule has 0 spiro atoms. The van der Waals surface area contributed by atoms with E-state index in [-0.39, 0.29) is 0 Å². The summed E-state index contributed by atoms with van der Waals surface area (Å²) in [4.78, 5) is 2.38. The first-order valence-corrected chi connectivity index (χ1v) is 15.2. The maximum Gasteiger partial charge on any atom is 0.137 e. The standard InChI is InChI=1S/C42H27NO2/c1-2-12-28(13-3-1)29-14-10-15-31(26-29)43(37-20-11-23-41-42(37)34-18-6-9-22-39(34)45-41)36-19-7-4-16-32(36)30-24-25-40-35(27-30)33-17-5-8-21-38(33)44-40/h1-27H. The van der Waals surface area contributed by atoms with E-state index in [1.54, 1.807) is 0 Å². The number of fused-ring (bicyclic) bond motifs is 6. The molecular weight excluding hydrogens is 550 g/mol. The highest BCUT2D eigenvalue weighted by atomic mass is 16.3. The number of para-hydroxylation sites is 3. The number of rotatable bonds is 5. The lowest BCUT2D eigenvalue weighted by molar-refractivity contribution is 0.668. The zero-order chi connectivity index (χ0) is 29.7. The van der Waals surface area contributed by atoms with Gasteiger partial charge in [0.05, 0.1) is 16.8 Å². The molecule has 0 saturated carbocycles. The monoisotopic (exact) mass is 577 g/mol. The van der Waals surface area contributed by atoms with Gasteiger partial charge >= 0.3 is 0 Å². The van der Waals surface area contributed by atoms with Crippen molar-refractivity contribution in [2.75, 3.05) is 4.90 Å². The van der Waals surface area contributed by atoms with Gasteiger partial charge in [-0.2, -0.15) is 0 Å². The molecule has 0 unspecified atom stereocenters. The summed E-state index contributed by atoms with van der Waals surface area (Å²) in [6, 6.07) is 57.4. The number of hydrogen-bond donors (Lipinski definition) is 0. The molecule has 0 amide bonds. The molecule has 0 aliphatic carbocycles. The highest BCUT2D eigenvalue weighted by Gasteiger charge is 2.22. The fourth-order valence-electron chi connectivity index (χ4n) is 6.61. The average molecular weight is 578 g/mol. The zero-order valence-electron chi connectivity index (χ0n) is 24.4. The number of hydrogen-bond acceptors (Lipinski definition) is 3. The lowest BCUT2D eigenvalue weighted by Gasteiger charge is -2.29. The van der Waals surface area contributed by atoms with Crippen molar-refractivity contribution in [3.05, 3.63) is 164 Å². The van der Waals surface area contributed by atoms with E-state index in [1.165, 1.54) is 5.56 Å². The molecule has 3 nitrogen and oxygen atoms in total. The molecule has 0 bridgehead atoms. The van der Waals surface area contributed by atoms with Crippen molar-refractivity contribution in [3.8, 4) is 22.3 Å². The van der Waals surface area contributed by atoms with Crippen LogP contribution < -0.4 is 4.90 Å². The summed E-state index contributed by atoms with van der Waals surface area (Å²) in [5.74, 6) is 0. The highest BCUT2D eigenvalue weighted by Crippen LogP contribution is 2.46. The van der Waals surface area contributed by atoms with Crippen LogP contribution in [0.25, 0.3) is 66.1 Å². The molecule has 0 radical (unpaired) electrons. The summed E-state index contributed by atoms with van der Waals surface area (Å²) in [5.41, 5.74) is 11.3. The SMILES string of the molecule is c1ccc(-c2cccc(N(c3ccccc3-c3ccc4oc5ccccc5c4c3)c3cccc4oc5ccccc5c34)c2)cc1. The Hall–Kier alpha value is -6.06. The van der Waals surface area contributed by atoms with E-state index in [0.29, 0.717) is 0 Å². The Bertz CT molecular complexity index is 2500. The second-order valence-electron chi connectivity index (χ2n) is 11.3. The van der Waals surface area contributed by atoms with Crippen molar-refractivity contribution in [1.82, 2.24) is 0 Å². The maximum atomic E-state index is 6.37. The summed E-state index contributed by atoms with van der Waals surface area (Å²) in [7, 11) is 0. The first kappa shape index (κ1) is 25.4. The van der Waals surface area contributed by atoms with Crippen LogP contribution in [-0.2, 0) is 0 Å². The Morgan fingerprint density at radius 2 is 0.978 bits per heavy atom. The van der Waals surface area contributed by atoms with E-state index in [9.17, 15) is 0 Å². The highest BCUT2D eigenvalue weighted by molar-refractivity contribution is 6.14. The molecule has 0 aliphatic heterocycles. The van der Waals surface area contributed by atoms with Gasteiger partial charge in [0, 0.05) is 27.4 Å². The van der Waals surface area contributed by atoms with E-state index in [1.807, 2.05) is 24.3 Å². The normalized spacial score (nSPS) is 11.6. The number of benzene rings is 7. The molecule has 0 aliphatic rings. The molecule has 0 atom stereocenters. The van der Waals surface area contributed by atoms with Gasteiger partial charge < -0.3 is 13.7 Å². The minimum atomic E-state index is 0.863. The molecule has 9 aromatic rings. The fraction of sp³-hybridized carbons (Fsp3) is 0. The van der Waals surface area contributed by atoms with E-state index in [0.717, 1.165) is 77.6 Å². The molecule has 0 saturated heterocycles. The first-order chi connectivity index (χ1) is 22.3. The summed E-state index contributed by atoms with van der Waals surface area (Å²) in [5, 5.41) is 4.41. The predicted molar refractivity (Wildman–Crippen MR) is 187 cm³/mol.